The average molecular weight is 233 g/mol. The van der Waals surface area contributed by atoms with Crippen molar-refractivity contribution in [3.8, 4) is 0 Å². The van der Waals surface area contributed by atoms with Crippen LogP contribution in [0.1, 0.15) is 47.0 Å². The lowest BCUT2D eigenvalue weighted by Gasteiger charge is -2.31. The van der Waals surface area contributed by atoms with Gasteiger partial charge in [0.1, 0.15) is 0 Å². The van der Waals surface area contributed by atoms with E-state index in [0.29, 0.717) is 5.92 Å². The maximum absolute atomic E-state index is 6.32. The Labute approximate surface area is 107 Å². The number of hydrogen-bond donors (Lipinski definition) is 1. The van der Waals surface area contributed by atoms with Crippen LogP contribution >= 0.6 is 0 Å². The zero-order chi connectivity index (χ0) is 13.5. The Balaban J connectivity index is 5.03. The van der Waals surface area contributed by atoms with Crippen LogP contribution in [0.2, 0.25) is 0 Å². The van der Waals surface area contributed by atoms with E-state index in [9.17, 15) is 0 Å². The molecular weight excluding hydrogens is 206 g/mol. The molecule has 96 valence electrons. The highest BCUT2D eigenvalue weighted by Crippen LogP contribution is 2.31. The number of hydrogen-bond acceptors (Lipinski definition) is 1. The summed E-state index contributed by atoms with van der Waals surface area (Å²) in [6, 6.07) is 0. The Hall–Kier alpha value is -1.04. The molecule has 0 aliphatic rings. The van der Waals surface area contributed by atoms with Crippen molar-refractivity contribution in [2.45, 2.75) is 52.5 Å². The third kappa shape index (κ3) is 4.77. The van der Waals surface area contributed by atoms with Gasteiger partial charge >= 0.3 is 0 Å². The first-order valence-electron chi connectivity index (χ1n) is 6.36. The van der Waals surface area contributed by atoms with E-state index in [1.807, 2.05) is 13.8 Å². The third-order valence-electron chi connectivity index (χ3n) is 3.34. The molecule has 0 rings (SSSR count). The largest absolute Gasteiger partial charge is 0.321 e. The molecule has 0 aromatic carbocycles. The van der Waals surface area contributed by atoms with Crippen molar-refractivity contribution >= 4 is 0 Å². The summed E-state index contributed by atoms with van der Waals surface area (Å²) in [5.41, 5.74) is 11.3. The maximum atomic E-state index is 6.32. The fourth-order valence-electron chi connectivity index (χ4n) is 1.98. The van der Waals surface area contributed by atoms with Crippen molar-refractivity contribution in [3.63, 3.8) is 0 Å². The molecule has 0 aliphatic heterocycles. The topological polar surface area (TPSA) is 26.0 Å². The first-order valence-corrected chi connectivity index (χ1v) is 6.36. The minimum absolute atomic E-state index is 0.290. The summed E-state index contributed by atoms with van der Waals surface area (Å²) in [6.07, 6.45) is 7.21. The van der Waals surface area contributed by atoms with Gasteiger partial charge in [0.05, 0.1) is 0 Å². The minimum atomic E-state index is -0.332. The van der Waals surface area contributed by atoms with E-state index < -0.39 is 0 Å². The van der Waals surface area contributed by atoms with Gasteiger partial charge in [-0.25, -0.2) is 0 Å². The fraction of sp³-hybridized carbons (Fsp3) is 0.562. The van der Waals surface area contributed by atoms with E-state index in [-0.39, 0.29) is 5.54 Å². The highest BCUT2D eigenvalue weighted by molar-refractivity contribution is 5.26. The SMILES string of the molecule is C=C=C(C(CC/C=C\C)C(=C)C)C(C)(N)CC. The zero-order valence-corrected chi connectivity index (χ0v) is 11.8. The number of allylic oxidation sites excluding steroid dienone is 3. The monoisotopic (exact) mass is 233 g/mol. The van der Waals surface area contributed by atoms with Crippen LogP contribution in [0.25, 0.3) is 0 Å². The van der Waals surface area contributed by atoms with Crippen molar-refractivity contribution in [1.29, 1.82) is 0 Å². The molecule has 2 N–H and O–H groups in total. The summed E-state index contributed by atoms with van der Waals surface area (Å²) in [5, 5.41) is 0. The lowest BCUT2D eigenvalue weighted by molar-refractivity contribution is 0.463. The van der Waals surface area contributed by atoms with Crippen LogP contribution in [0.15, 0.2) is 42.2 Å². The maximum Gasteiger partial charge on any atom is 0.0419 e. The summed E-state index contributed by atoms with van der Waals surface area (Å²) >= 11 is 0. The second-order valence-electron chi connectivity index (χ2n) is 4.91. The third-order valence-corrected chi connectivity index (χ3v) is 3.34. The Morgan fingerprint density at radius 2 is 2.12 bits per heavy atom. The van der Waals surface area contributed by atoms with Gasteiger partial charge in [0.25, 0.3) is 0 Å². The Bertz CT molecular complexity index is 327. The van der Waals surface area contributed by atoms with Gasteiger partial charge in [-0.15, -0.1) is 5.73 Å². The molecule has 0 aromatic heterocycles. The molecule has 2 unspecified atom stereocenters. The molecule has 1 nitrogen and oxygen atoms in total. The molecule has 0 fully saturated rings. The molecule has 0 saturated carbocycles. The first kappa shape index (κ1) is 16.0. The van der Waals surface area contributed by atoms with Crippen LogP contribution < -0.4 is 5.73 Å². The smallest absolute Gasteiger partial charge is 0.0419 e. The van der Waals surface area contributed by atoms with Gasteiger partial charge in [-0.2, -0.15) is 0 Å². The van der Waals surface area contributed by atoms with E-state index in [2.05, 4.69) is 44.9 Å². The van der Waals surface area contributed by atoms with Gasteiger partial charge in [-0.3, -0.25) is 0 Å². The second kappa shape index (κ2) is 7.32. The highest BCUT2D eigenvalue weighted by Gasteiger charge is 2.28. The van der Waals surface area contributed by atoms with Gasteiger partial charge in [-0.05, 0) is 45.6 Å². The van der Waals surface area contributed by atoms with E-state index in [4.69, 9.17) is 5.73 Å². The molecule has 17 heavy (non-hydrogen) atoms. The Morgan fingerprint density at radius 3 is 2.47 bits per heavy atom. The van der Waals surface area contributed by atoms with Gasteiger partial charge < -0.3 is 5.73 Å². The van der Waals surface area contributed by atoms with E-state index in [0.717, 1.165) is 30.4 Å². The minimum Gasteiger partial charge on any atom is -0.321 e. The molecule has 0 bridgehead atoms. The van der Waals surface area contributed by atoms with Crippen molar-refractivity contribution in [2.75, 3.05) is 0 Å². The lowest BCUT2D eigenvalue weighted by Crippen LogP contribution is -2.40. The predicted octanol–water partition coefficient (Wildman–Crippen LogP) is 4.37. The zero-order valence-electron chi connectivity index (χ0n) is 11.8. The summed E-state index contributed by atoms with van der Waals surface area (Å²) in [7, 11) is 0. The summed E-state index contributed by atoms with van der Waals surface area (Å²) in [5.74, 6) is 0.290. The highest BCUT2D eigenvalue weighted by atomic mass is 14.7. The van der Waals surface area contributed by atoms with Crippen LogP contribution in [0.5, 0.6) is 0 Å². The molecule has 0 heterocycles. The van der Waals surface area contributed by atoms with Gasteiger partial charge in [0, 0.05) is 11.5 Å². The molecule has 0 radical (unpaired) electrons. The van der Waals surface area contributed by atoms with E-state index >= 15 is 0 Å². The summed E-state index contributed by atoms with van der Waals surface area (Å²) in [6.45, 7) is 16.1. The van der Waals surface area contributed by atoms with Crippen molar-refractivity contribution in [1.82, 2.24) is 0 Å². The molecule has 0 aromatic rings. The molecule has 1 heteroatoms. The predicted molar refractivity (Wildman–Crippen MR) is 77.9 cm³/mol. The normalized spacial score (nSPS) is 16.3. The van der Waals surface area contributed by atoms with Crippen LogP contribution in [-0.2, 0) is 0 Å². The van der Waals surface area contributed by atoms with Crippen LogP contribution in [0.3, 0.4) is 0 Å². The van der Waals surface area contributed by atoms with Crippen molar-refractivity contribution in [3.05, 3.63) is 42.2 Å². The van der Waals surface area contributed by atoms with Crippen LogP contribution in [0.4, 0.5) is 0 Å². The molecule has 2 atom stereocenters. The van der Waals surface area contributed by atoms with E-state index in [1.165, 1.54) is 0 Å². The van der Waals surface area contributed by atoms with Gasteiger partial charge in [-0.1, -0.05) is 37.8 Å². The quantitative estimate of drug-likeness (QED) is 0.512. The van der Waals surface area contributed by atoms with Crippen LogP contribution in [-0.4, -0.2) is 5.54 Å². The molecule has 0 spiro atoms. The van der Waals surface area contributed by atoms with Gasteiger partial charge in [0.15, 0.2) is 0 Å². The lowest BCUT2D eigenvalue weighted by atomic mass is 9.77. The number of rotatable bonds is 7. The summed E-state index contributed by atoms with van der Waals surface area (Å²) < 4.78 is 0. The molecule has 0 aliphatic carbocycles. The molecule has 0 saturated heterocycles. The Morgan fingerprint density at radius 1 is 1.53 bits per heavy atom. The van der Waals surface area contributed by atoms with Crippen molar-refractivity contribution < 1.29 is 0 Å². The number of nitrogens with two attached hydrogens (primary N) is 1. The van der Waals surface area contributed by atoms with Crippen LogP contribution in [0, 0.1) is 5.92 Å². The van der Waals surface area contributed by atoms with Gasteiger partial charge in [0.2, 0.25) is 0 Å². The summed E-state index contributed by atoms with van der Waals surface area (Å²) in [4.78, 5) is 0. The van der Waals surface area contributed by atoms with Crippen molar-refractivity contribution in [2.24, 2.45) is 11.7 Å². The molecule has 0 amide bonds. The first-order chi connectivity index (χ1) is 7.90. The molecular formula is C16H27N. The standard InChI is InChI=1S/C16H27N/c1-7-10-11-12-14(13(4)5)15(8-2)16(6,17)9-3/h7,10,14H,2,4,9,11-12,17H2,1,3,5-6H3/b10-7-. The fourth-order valence-corrected chi connectivity index (χ4v) is 1.98. The van der Waals surface area contributed by atoms with E-state index in [1.54, 1.807) is 0 Å². The Kier molecular flexibility index (Phi) is 6.87. The average Bonchev–Trinajstić information content (AvgIpc) is 2.27. The second-order valence-corrected chi connectivity index (χ2v) is 4.91.